The fourth-order valence-corrected chi connectivity index (χ4v) is 6.42. The second-order valence-corrected chi connectivity index (χ2v) is 15.5. The molecule has 0 radical (unpaired) electrons. The maximum absolute atomic E-state index is 14.8. The molecule has 2 aromatic carbocycles. The highest BCUT2D eigenvalue weighted by molar-refractivity contribution is 6.22. The molecule has 0 saturated carbocycles. The summed E-state index contributed by atoms with van der Waals surface area (Å²) < 4.78 is 40.4. The van der Waals surface area contributed by atoms with Crippen LogP contribution in [0.2, 0.25) is 0 Å². The summed E-state index contributed by atoms with van der Waals surface area (Å²) in [6.45, 7) is 11.0. The van der Waals surface area contributed by atoms with Crippen LogP contribution in [0, 0.1) is 0 Å². The van der Waals surface area contributed by atoms with Crippen molar-refractivity contribution in [2.45, 2.75) is 85.9 Å². The minimum Gasteiger partial charge on any atom is -0.444 e. The van der Waals surface area contributed by atoms with Crippen molar-refractivity contribution >= 4 is 35.8 Å². The van der Waals surface area contributed by atoms with Gasteiger partial charge in [-0.15, -0.1) is 0 Å². The lowest BCUT2D eigenvalue weighted by Crippen LogP contribution is -2.41. The fourth-order valence-electron chi connectivity index (χ4n) is 6.42. The predicted octanol–water partition coefficient (Wildman–Crippen LogP) is 7.71. The summed E-state index contributed by atoms with van der Waals surface area (Å²) in [7, 11) is 0. The van der Waals surface area contributed by atoms with Crippen molar-refractivity contribution in [1.82, 2.24) is 19.6 Å². The van der Waals surface area contributed by atoms with Crippen LogP contribution in [-0.2, 0) is 9.47 Å². The van der Waals surface area contributed by atoms with Crippen molar-refractivity contribution in [3.63, 3.8) is 0 Å². The highest BCUT2D eigenvalue weighted by atomic mass is 19.1. The third-order valence-corrected chi connectivity index (χ3v) is 9.00. The van der Waals surface area contributed by atoms with Crippen molar-refractivity contribution in [3.8, 4) is 0 Å². The highest BCUT2D eigenvalue weighted by Gasteiger charge is 2.38. The van der Waals surface area contributed by atoms with Gasteiger partial charge < -0.3 is 19.3 Å². The molecule has 0 unspecified atom stereocenters. The van der Waals surface area contributed by atoms with Crippen LogP contribution in [-0.4, -0.2) is 106 Å². The zero-order valence-electron chi connectivity index (χ0n) is 31.5. The molecule has 55 heavy (non-hydrogen) atoms. The maximum Gasteiger partial charge on any atom is 0.410 e. The van der Waals surface area contributed by atoms with Crippen LogP contribution in [0.5, 0.6) is 0 Å². The van der Waals surface area contributed by atoms with Gasteiger partial charge in [-0.1, -0.05) is 31.7 Å². The van der Waals surface area contributed by atoms with Gasteiger partial charge in [0, 0.05) is 26.2 Å². The molecule has 0 N–H and O–H groups in total. The minimum absolute atomic E-state index is 0. The lowest BCUT2D eigenvalue weighted by atomic mass is 10.0. The van der Waals surface area contributed by atoms with Crippen molar-refractivity contribution in [1.29, 1.82) is 0 Å². The molecule has 14 heteroatoms. The van der Waals surface area contributed by atoms with E-state index in [4.69, 9.17) is 9.47 Å². The largest absolute Gasteiger partial charge is 0.444 e. The number of hydrogen-bond acceptors (Lipinski definition) is 8. The van der Waals surface area contributed by atoms with E-state index >= 15 is 0 Å². The second kappa shape index (κ2) is 17.0. The first-order valence-electron chi connectivity index (χ1n) is 17.9. The zero-order chi connectivity index (χ0) is 39.5. The van der Waals surface area contributed by atoms with Gasteiger partial charge in [0.2, 0.25) is 0 Å². The van der Waals surface area contributed by atoms with E-state index in [0.29, 0.717) is 72.2 Å². The summed E-state index contributed by atoms with van der Waals surface area (Å²) in [5.41, 5.74) is 0.749. The van der Waals surface area contributed by atoms with Gasteiger partial charge in [-0.25, -0.2) is 18.4 Å². The molecule has 12 nitrogen and oxygen atoms in total. The summed E-state index contributed by atoms with van der Waals surface area (Å²) in [6, 6.07) is 12.9. The van der Waals surface area contributed by atoms with Gasteiger partial charge in [-0.2, -0.15) is 0 Å². The first-order valence-corrected chi connectivity index (χ1v) is 17.9. The Morgan fingerprint density at radius 2 is 0.873 bits per heavy atom. The fraction of sp³-hybridized carbons (Fsp3) is 0.463. The zero-order valence-corrected chi connectivity index (χ0v) is 31.5. The number of fused-ring (bicyclic) bond motifs is 2. The van der Waals surface area contributed by atoms with Crippen LogP contribution in [0.25, 0.3) is 0 Å². The van der Waals surface area contributed by atoms with Crippen molar-refractivity contribution in [2.24, 2.45) is 0 Å². The van der Waals surface area contributed by atoms with E-state index in [9.17, 15) is 37.5 Å². The van der Waals surface area contributed by atoms with E-state index in [1.165, 1.54) is 9.80 Å². The molecule has 6 rings (SSSR count). The van der Waals surface area contributed by atoms with Crippen LogP contribution < -0.4 is 0 Å². The van der Waals surface area contributed by atoms with Crippen molar-refractivity contribution in [2.75, 3.05) is 39.3 Å². The number of carbonyl (C=O) groups is 6. The van der Waals surface area contributed by atoms with E-state index in [2.05, 4.69) is 0 Å². The SMILES string of the molecule is C.CC(C)(C)OC(=O)N1CCC/C(=C(/F)CN2C(=O)c3ccccc3C2=O)C1.CC(C)(C)OC(=O)N1CCC/C(=C(\F)CN2C(=O)c3ccccc3C2=O)C1. The lowest BCUT2D eigenvalue weighted by molar-refractivity contribution is 0.0234. The number of nitrogens with zero attached hydrogens (tertiary/aromatic N) is 4. The van der Waals surface area contributed by atoms with E-state index in [0.717, 1.165) is 9.80 Å². The second-order valence-electron chi connectivity index (χ2n) is 15.5. The third kappa shape index (κ3) is 10.0. The Balaban J connectivity index is 0.000000240. The molecule has 4 heterocycles. The first-order chi connectivity index (χ1) is 25.3. The number of carbonyl (C=O) groups excluding carboxylic acids is 6. The van der Waals surface area contributed by atoms with Crippen LogP contribution in [0.4, 0.5) is 18.4 Å². The van der Waals surface area contributed by atoms with Crippen LogP contribution in [0.15, 0.2) is 71.3 Å². The molecular weight excluding hydrogens is 714 g/mol. The molecule has 0 bridgehead atoms. The molecular formula is C41H50F2N4O8. The Hall–Kier alpha value is -5.40. The number of imide groups is 2. The van der Waals surface area contributed by atoms with E-state index < -0.39 is 71.8 Å². The smallest absolute Gasteiger partial charge is 0.410 e. The van der Waals surface area contributed by atoms with Gasteiger partial charge in [-0.05, 0) is 103 Å². The summed E-state index contributed by atoms with van der Waals surface area (Å²) >= 11 is 0. The highest BCUT2D eigenvalue weighted by Crippen LogP contribution is 2.29. The van der Waals surface area contributed by atoms with Crippen LogP contribution in [0.1, 0.15) is 116 Å². The quantitative estimate of drug-likeness (QED) is 0.289. The standard InChI is InChI=1S/2C20H23FN2O4.CH4/c2*1-20(2,3)27-19(26)22-10-6-7-13(11-22)16(21)12-23-17(24)14-8-4-5-9-15(14)18(23)25;/h2*4-5,8-9H,6-7,10-12H2,1-3H3;1H4/b16-13+;16-13-;. The Morgan fingerprint density at radius 1 is 0.582 bits per heavy atom. The number of benzene rings is 2. The summed E-state index contributed by atoms with van der Waals surface area (Å²) in [5, 5.41) is 0. The van der Waals surface area contributed by atoms with Crippen molar-refractivity contribution < 1.29 is 47.0 Å². The molecule has 2 fully saturated rings. The first kappa shape index (κ1) is 42.3. The number of rotatable bonds is 4. The molecule has 0 spiro atoms. The third-order valence-electron chi connectivity index (χ3n) is 9.00. The Labute approximate surface area is 320 Å². The number of ether oxygens (including phenoxy) is 2. The predicted molar refractivity (Wildman–Crippen MR) is 201 cm³/mol. The molecule has 0 aromatic heterocycles. The summed E-state index contributed by atoms with van der Waals surface area (Å²) in [6.07, 6.45) is 1.18. The Bertz CT molecular complexity index is 1720. The van der Waals surface area contributed by atoms with Gasteiger partial charge in [0.05, 0.1) is 35.3 Å². The number of hydrogen-bond donors (Lipinski definition) is 0. The molecule has 296 valence electrons. The molecule has 4 aliphatic rings. The van der Waals surface area contributed by atoms with Gasteiger partial charge in [0.25, 0.3) is 23.6 Å². The molecule has 0 atom stereocenters. The van der Waals surface area contributed by atoms with Crippen molar-refractivity contribution in [3.05, 3.63) is 93.6 Å². The lowest BCUT2D eigenvalue weighted by Gasteiger charge is -2.31. The Kier molecular flexibility index (Phi) is 13.0. The molecule has 2 saturated heterocycles. The maximum atomic E-state index is 14.8. The minimum atomic E-state index is -0.628. The van der Waals surface area contributed by atoms with Gasteiger partial charge in [0.1, 0.15) is 22.9 Å². The monoisotopic (exact) mass is 764 g/mol. The molecule has 4 aliphatic heterocycles. The average Bonchev–Trinajstić information content (AvgIpc) is 3.51. The number of piperidine rings is 2. The number of halogens is 2. The average molecular weight is 765 g/mol. The molecule has 2 aromatic rings. The normalized spacial score (nSPS) is 18.9. The summed E-state index contributed by atoms with van der Waals surface area (Å²) in [4.78, 5) is 78.7. The van der Waals surface area contributed by atoms with Crippen LogP contribution >= 0.6 is 0 Å². The molecule has 0 aliphatic carbocycles. The van der Waals surface area contributed by atoms with E-state index in [1.807, 2.05) is 0 Å². The van der Waals surface area contributed by atoms with Gasteiger partial charge >= 0.3 is 12.2 Å². The number of likely N-dealkylation sites (tertiary alicyclic amines) is 2. The van der Waals surface area contributed by atoms with E-state index in [-0.39, 0.29) is 20.5 Å². The van der Waals surface area contributed by atoms with Gasteiger partial charge in [-0.3, -0.25) is 29.0 Å². The molecule has 6 amide bonds. The van der Waals surface area contributed by atoms with Gasteiger partial charge in [0.15, 0.2) is 0 Å². The topological polar surface area (TPSA) is 134 Å². The summed E-state index contributed by atoms with van der Waals surface area (Å²) in [5.74, 6) is -3.06. The Morgan fingerprint density at radius 3 is 1.15 bits per heavy atom. The van der Waals surface area contributed by atoms with E-state index in [1.54, 1.807) is 90.1 Å². The number of amides is 6. The van der Waals surface area contributed by atoms with Crippen LogP contribution in [0.3, 0.4) is 0 Å².